The molecule has 1 aliphatic heterocycles. The van der Waals surface area contributed by atoms with Crippen molar-refractivity contribution in [3.63, 3.8) is 0 Å². The summed E-state index contributed by atoms with van der Waals surface area (Å²) < 4.78 is 5.40. The Labute approximate surface area is 203 Å². The number of para-hydroxylation sites is 1. The highest BCUT2D eigenvalue weighted by Crippen LogP contribution is 2.34. The van der Waals surface area contributed by atoms with Gasteiger partial charge in [0.25, 0.3) is 5.69 Å². The molecule has 34 heavy (non-hydrogen) atoms. The van der Waals surface area contributed by atoms with Crippen LogP contribution in [0.25, 0.3) is 0 Å². The third-order valence-corrected chi connectivity index (χ3v) is 6.56. The molecule has 11 heteroatoms. The quantitative estimate of drug-likeness (QED) is 0.348. The van der Waals surface area contributed by atoms with Crippen LogP contribution in [0.5, 0.6) is 0 Å². The number of amidine groups is 1. The van der Waals surface area contributed by atoms with Crippen LogP contribution in [0.2, 0.25) is 5.02 Å². The Bertz CT molecular complexity index is 1280. The van der Waals surface area contributed by atoms with E-state index in [0.29, 0.717) is 10.9 Å². The third-order valence-electron chi connectivity index (χ3n) is 5.05. The molecule has 4 rings (SSSR count). The minimum Gasteiger partial charge on any atom is -0.467 e. The number of halogens is 1. The maximum absolute atomic E-state index is 13.2. The van der Waals surface area contributed by atoms with Crippen LogP contribution in [0.4, 0.5) is 17.1 Å². The number of amides is 2. The number of nitro benzene ring substituents is 1. The summed E-state index contributed by atoms with van der Waals surface area (Å²) in [5.74, 6) is -0.197. The van der Waals surface area contributed by atoms with E-state index in [1.54, 1.807) is 12.1 Å². The number of non-ortho nitro benzene ring substituents is 1. The summed E-state index contributed by atoms with van der Waals surface area (Å²) in [6, 6.07) is 14.8. The van der Waals surface area contributed by atoms with Gasteiger partial charge in [0.1, 0.15) is 11.0 Å². The van der Waals surface area contributed by atoms with E-state index in [-0.39, 0.29) is 35.3 Å². The summed E-state index contributed by atoms with van der Waals surface area (Å²) in [6.07, 6.45) is 1.36. The molecule has 2 heterocycles. The first-order chi connectivity index (χ1) is 16.3. The number of hydrogen-bond donors (Lipinski definition) is 1. The molecular weight excluding hydrogens is 480 g/mol. The summed E-state index contributed by atoms with van der Waals surface area (Å²) in [5, 5.41) is 13.5. The molecule has 0 spiro atoms. The molecule has 1 unspecified atom stereocenters. The molecule has 2 amide bonds. The van der Waals surface area contributed by atoms with Crippen LogP contribution in [-0.4, -0.2) is 32.1 Å². The summed E-state index contributed by atoms with van der Waals surface area (Å²) >= 11 is 7.26. The van der Waals surface area contributed by atoms with Crippen molar-refractivity contribution in [3.8, 4) is 0 Å². The maximum atomic E-state index is 13.2. The van der Waals surface area contributed by atoms with E-state index in [2.05, 4.69) is 10.3 Å². The molecule has 174 valence electrons. The van der Waals surface area contributed by atoms with E-state index in [0.717, 1.165) is 11.3 Å². The van der Waals surface area contributed by atoms with Crippen molar-refractivity contribution in [2.45, 2.75) is 25.1 Å². The number of aryl methyl sites for hydroxylation is 1. The molecule has 1 atom stereocenters. The molecule has 2 aromatic carbocycles. The first-order valence-corrected chi connectivity index (χ1v) is 11.5. The maximum Gasteiger partial charge on any atom is 0.271 e. The third kappa shape index (κ3) is 5.29. The molecule has 3 aromatic rings. The Hall–Kier alpha value is -3.63. The van der Waals surface area contributed by atoms with E-state index in [4.69, 9.17) is 16.0 Å². The first kappa shape index (κ1) is 23.5. The van der Waals surface area contributed by atoms with Gasteiger partial charge in [0, 0.05) is 18.6 Å². The Morgan fingerprint density at radius 1 is 1.26 bits per heavy atom. The number of carbonyl (C=O) groups is 2. The Balaban J connectivity index is 1.55. The van der Waals surface area contributed by atoms with E-state index >= 15 is 0 Å². The number of nitrogens with one attached hydrogen (secondary N) is 1. The predicted molar refractivity (Wildman–Crippen MR) is 130 cm³/mol. The number of rotatable bonds is 7. The van der Waals surface area contributed by atoms with Gasteiger partial charge in [-0.25, -0.2) is 4.99 Å². The van der Waals surface area contributed by atoms with Crippen LogP contribution in [0.15, 0.2) is 70.3 Å². The molecule has 0 aliphatic carbocycles. The molecule has 1 saturated heterocycles. The van der Waals surface area contributed by atoms with Gasteiger partial charge in [-0.2, -0.15) is 0 Å². The minimum absolute atomic E-state index is 0.109. The predicted octanol–water partition coefficient (Wildman–Crippen LogP) is 5.31. The number of benzene rings is 2. The average molecular weight is 499 g/mol. The van der Waals surface area contributed by atoms with Crippen LogP contribution >= 0.6 is 23.4 Å². The van der Waals surface area contributed by atoms with Crippen LogP contribution in [-0.2, 0) is 16.1 Å². The number of nitro groups is 1. The molecule has 0 bridgehead atoms. The summed E-state index contributed by atoms with van der Waals surface area (Å²) in [5.41, 5.74) is 1.57. The molecule has 1 aromatic heterocycles. The fourth-order valence-corrected chi connectivity index (χ4v) is 4.63. The number of furan rings is 1. The highest BCUT2D eigenvalue weighted by Gasteiger charge is 2.39. The zero-order chi connectivity index (χ0) is 24.2. The number of aliphatic imine (C=N–C) groups is 1. The summed E-state index contributed by atoms with van der Waals surface area (Å²) in [6.45, 7) is 2.10. The number of nitrogens with zero attached hydrogens (tertiary/aromatic N) is 3. The lowest BCUT2D eigenvalue weighted by Crippen LogP contribution is -2.33. The molecule has 1 fully saturated rings. The molecule has 9 nitrogen and oxygen atoms in total. The number of hydrogen-bond acceptors (Lipinski definition) is 7. The summed E-state index contributed by atoms with van der Waals surface area (Å²) in [4.78, 5) is 42.5. The Morgan fingerprint density at radius 2 is 2.06 bits per heavy atom. The normalized spacial score (nSPS) is 16.8. The van der Waals surface area contributed by atoms with Gasteiger partial charge in [0.15, 0.2) is 5.17 Å². The van der Waals surface area contributed by atoms with Gasteiger partial charge in [0.05, 0.1) is 34.1 Å². The highest BCUT2D eigenvalue weighted by molar-refractivity contribution is 8.15. The zero-order valence-electron chi connectivity index (χ0n) is 17.9. The standard InChI is InChI=1S/C23H19ClN4O5S/c1-14-5-2-3-7-18(14)26-23-27(13-16-6-4-10-33-16)22(30)20(34-23)12-21(29)25-19-11-15(28(31)32)8-9-17(19)24/h2-11,20H,12-13H2,1H3,(H,25,29). The lowest BCUT2D eigenvalue weighted by atomic mass is 10.2. The van der Waals surface area contributed by atoms with Gasteiger partial charge < -0.3 is 9.73 Å². The number of thioether (sulfide) groups is 1. The second kappa shape index (κ2) is 10.1. The zero-order valence-corrected chi connectivity index (χ0v) is 19.5. The van der Waals surface area contributed by atoms with Gasteiger partial charge in [-0.3, -0.25) is 24.6 Å². The Morgan fingerprint density at radius 3 is 2.76 bits per heavy atom. The largest absolute Gasteiger partial charge is 0.467 e. The van der Waals surface area contributed by atoms with Gasteiger partial charge >= 0.3 is 0 Å². The minimum atomic E-state index is -0.727. The fourth-order valence-electron chi connectivity index (χ4n) is 3.31. The van der Waals surface area contributed by atoms with Crippen LogP contribution in [0, 0.1) is 17.0 Å². The molecule has 0 radical (unpaired) electrons. The highest BCUT2D eigenvalue weighted by atomic mass is 35.5. The second-order valence-corrected chi connectivity index (χ2v) is 9.04. The number of anilines is 1. The second-order valence-electron chi connectivity index (χ2n) is 7.46. The monoisotopic (exact) mass is 498 g/mol. The lowest BCUT2D eigenvalue weighted by molar-refractivity contribution is -0.384. The van der Waals surface area contributed by atoms with Crippen LogP contribution in [0.3, 0.4) is 0 Å². The van der Waals surface area contributed by atoms with Crippen molar-refractivity contribution in [2.24, 2.45) is 4.99 Å². The van der Waals surface area contributed by atoms with Crippen molar-refractivity contribution in [1.82, 2.24) is 4.90 Å². The lowest BCUT2D eigenvalue weighted by Gasteiger charge is -2.15. The van der Waals surface area contributed by atoms with Gasteiger partial charge in [-0.15, -0.1) is 0 Å². The van der Waals surface area contributed by atoms with Gasteiger partial charge in [0.2, 0.25) is 11.8 Å². The van der Waals surface area contributed by atoms with E-state index < -0.39 is 16.1 Å². The van der Waals surface area contributed by atoms with Crippen molar-refractivity contribution in [2.75, 3.05) is 5.32 Å². The molecule has 1 N–H and O–H groups in total. The molecule has 1 aliphatic rings. The van der Waals surface area contributed by atoms with Crippen molar-refractivity contribution in [3.05, 3.63) is 87.3 Å². The van der Waals surface area contributed by atoms with Crippen LogP contribution in [0.1, 0.15) is 17.7 Å². The SMILES string of the molecule is Cc1ccccc1N=C1SC(CC(=O)Nc2cc([N+](=O)[O-])ccc2Cl)C(=O)N1Cc1ccco1. The average Bonchev–Trinajstić information content (AvgIpc) is 3.41. The molecular formula is C23H19ClN4O5S. The topological polar surface area (TPSA) is 118 Å². The van der Waals surface area contributed by atoms with E-state index in [1.165, 1.54) is 41.1 Å². The first-order valence-electron chi connectivity index (χ1n) is 10.2. The van der Waals surface area contributed by atoms with Crippen molar-refractivity contribution in [1.29, 1.82) is 0 Å². The van der Waals surface area contributed by atoms with Gasteiger partial charge in [-0.1, -0.05) is 41.6 Å². The smallest absolute Gasteiger partial charge is 0.271 e. The summed E-state index contributed by atoms with van der Waals surface area (Å²) in [7, 11) is 0. The van der Waals surface area contributed by atoms with Crippen molar-refractivity contribution >= 4 is 57.4 Å². The van der Waals surface area contributed by atoms with Gasteiger partial charge in [-0.05, 0) is 36.8 Å². The molecule has 0 saturated carbocycles. The Kier molecular flexibility index (Phi) is 6.99. The van der Waals surface area contributed by atoms with Crippen molar-refractivity contribution < 1.29 is 18.9 Å². The van der Waals surface area contributed by atoms with E-state index in [1.807, 2.05) is 31.2 Å². The number of carbonyl (C=O) groups excluding carboxylic acids is 2. The fraction of sp³-hybridized carbons (Fsp3) is 0.174. The van der Waals surface area contributed by atoms with Crippen LogP contribution < -0.4 is 5.32 Å². The van der Waals surface area contributed by atoms with E-state index in [9.17, 15) is 19.7 Å².